The van der Waals surface area contributed by atoms with E-state index in [-0.39, 0.29) is 7.92 Å². The minimum absolute atomic E-state index is 0.258. The highest BCUT2D eigenvalue weighted by molar-refractivity contribution is 7.67. The summed E-state index contributed by atoms with van der Waals surface area (Å²) < 4.78 is 0. The summed E-state index contributed by atoms with van der Waals surface area (Å²) in [6.45, 7) is 1.10. The Bertz CT molecular complexity index is 1360. The Balaban J connectivity index is 1.59. The molecule has 6 rings (SSSR count). The lowest BCUT2D eigenvalue weighted by molar-refractivity contribution is 0.487. The fourth-order valence-electron chi connectivity index (χ4n) is 7.38. The van der Waals surface area contributed by atoms with E-state index in [1.165, 1.54) is 109 Å². The molecule has 4 N–H and O–H groups in total. The van der Waals surface area contributed by atoms with Crippen molar-refractivity contribution >= 4 is 13.2 Å². The van der Waals surface area contributed by atoms with Crippen LogP contribution in [0.2, 0.25) is 0 Å². The van der Waals surface area contributed by atoms with Gasteiger partial charge >= 0.3 is 0 Å². The molecule has 0 saturated heterocycles. The Kier molecular flexibility index (Phi) is 9.32. The van der Waals surface area contributed by atoms with E-state index in [9.17, 15) is 0 Å². The fourth-order valence-corrected chi connectivity index (χ4v) is 11.3. The molecule has 4 aromatic rings. The van der Waals surface area contributed by atoms with Crippen LogP contribution in [0.15, 0.2) is 91.0 Å². The maximum absolute atomic E-state index is 6.12. The first-order valence-corrected chi connectivity index (χ1v) is 17.3. The highest BCUT2D eigenvalue weighted by atomic mass is 31.1. The largest absolute Gasteiger partial charge is 0.326 e. The van der Waals surface area contributed by atoms with E-state index in [4.69, 9.17) is 11.5 Å². The minimum Gasteiger partial charge on any atom is -0.326 e. The summed E-state index contributed by atoms with van der Waals surface area (Å²) in [7, 11) is -0.258. The molecular formula is C38H45N2P. The highest BCUT2D eigenvalue weighted by Gasteiger charge is 2.34. The van der Waals surface area contributed by atoms with E-state index in [1.54, 1.807) is 5.30 Å². The van der Waals surface area contributed by atoms with E-state index in [1.807, 2.05) is 0 Å². The smallest absolute Gasteiger partial charge is 0.0178 e. The summed E-state index contributed by atoms with van der Waals surface area (Å²) >= 11 is 0. The zero-order valence-corrected chi connectivity index (χ0v) is 25.3. The third-order valence-electron chi connectivity index (χ3n) is 9.40. The van der Waals surface area contributed by atoms with Crippen LogP contribution in [0.5, 0.6) is 0 Å². The van der Waals surface area contributed by atoms with Gasteiger partial charge in [-0.05, 0) is 98.9 Å². The molecule has 0 atom stereocenters. The van der Waals surface area contributed by atoms with Crippen LogP contribution in [-0.4, -0.2) is 11.3 Å². The Morgan fingerprint density at radius 3 is 1.49 bits per heavy atom. The van der Waals surface area contributed by atoms with Gasteiger partial charge < -0.3 is 11.5 Å². The van der Waals surface area contributed by atoms with Gasteiger partial charge in [-0.15, -0.1) is 0 Å². The molecule has 0 aliphatic heterocycles. The van der Waals surface area contributed by atoms with Gasteiger partial charge in [-0.2, -0.15) is 0 Å². The molecule has 41 heavy (non-hydrogen) atoms. The lowest BCUT2D eigenvalue weighted by atomic mass is 9.87. The van der Waals surface area contributed by atoms with Crippen LogP contribution in [0.25, 0.3) is 33.4 Å². The van der Waals surface area contributed by atoms with Crippen molar-refractivity contribution in [3.8, 4) is 33.4 Å². The molecule has 2 aliphatic carbocycles. The first-order chi connectivity index (χ1) is 20.3. The molecule has 4 aromatic carbocycles. The summed E-state index contributed by atoms with van der Waals surface area (Å²) in [5.74, 6) is 0. The summed E-state index contributed by atoms with van der Waals surface area (Å²) in [6.07, 6.45) is 14.0. The lowest BCUT2D eigenvalue weighted by Gasteiger charge is -2.40. The van der Waals surface area contributed by atoms with E-state index in [2.05, 4.69) is 91.0 Å². The van der Waals surface area contributed by atoms with Gasteiger partial charge in [0.25, 0.3) is 0 Å². The van der Waals surface area contributed by atoms with Crippen LogP contribution in [0.1, 0.15) is 75.3 Å². The quantitative estimate of drug-likeness (QED) is 0.211. The number of benzene rings is 4. The summed E-state index contributed by atoms with van der Waals surface area (Å²) in [4.78, 5) is 0. The van der Waals surface area contributed by atoms with Gasteiger partial charge in [0, 0.05) is 13.1 Å². The molecule has 2 nitrogen and oxygen atoms in total. The average molecular weight is 561 g/mol. The predicted octanol–water partition coefficient (Wildman–Crippen LogP) is 9.38. The van der Waals surface area contributed by atoms with Gasteiger partial charge in [-0.25, -0.2) is 0 Å². The van der Waals surface area contributed by atoms with Gasteiger partial charge in [0.1, 0.15) is 0 Å². The molecule has 0 unspecified atom stereocenters. The third-order valence-corrected chi connectivity index (χ3v) is 13.0. The first kappa shape index (κ1) is 28.4. The molecule has 2 saturated carbocycles. The van der Waals surface area contributed by atoms with Gasteiger partial charge in [0.2, 0.25) is 0 Å². The van der Waals surface area contributed by atoms with E-state index < -0.39 is 0 Å². The van der Waals surface area contributed by atoms with Crippen molar-refractivity contribution in [1.29, 1.82) is 0 Å². The standard InChI is InChI=1S/C38H45N2P/c39-26-28-12-9-14-30(24-28)34-21-11-22-35(31-15-10-13-29(25-31)27-40)38(34)36-20-7-8-23-37(36)41(32-16-3-1-4-17-32)33-18-5-2-6-19-33/h7-15,20-25,32-33H,1-6,16-19,26-27,39-40H2. The molecule has 0 amide bonds. The molecule has 0 radical (unpaired) electrons. The molecule has 212 valence electrons. The van der Waals surface area contributed by atoms with Crippen LogP contribution in [0.4, 0.5) is 0 Å². The van der Waals surface area contributed by atoms with E-state index in [0.29, 0.717) is 13.1 Å². The maximum atomic E-state index is 6.12. The zero-order chi connectivity index (χ0) is 28.0. The molecule has 0 heterocycles. The summed E-state index contributed by atoms with van der Waals surface area (Å²) in [5, 5.41) is 1.64. The van der Waals surface area contributed by atoms with Crippen LogP contribution >= 0.6 is 7.92 Å². The molecule has 2 fully saturated rings. The predicted molar refractivity (Wildman–Crippen MR) is 179 cm³/mol. The SMILES string of the molecule is NCc1cccc(-c2cccc(-c3cccc(CN)c3)c2-c2ccccc2P(C2CCCCC2)C2CCCCC2)c1. The van der Waals surface area contributed by atoms with Crippen LogP contribution in [-0.2, 0) is 13.1 Å². The van der Waals surface area contributed by atoms with E-state index in [0.717, 1.165) is 11.3 Å². The van der Waals surface area contributed by atoms with Crippen molar-refractivity contribution in [2.24, 2.45) is 11.5 Å². The molecule has 0 aromatic heterocycles. The third kappa shape index (κ3) is 6.21. The number of hydrogen-bond acceptors (Lipinski definition) is 2. The van der Waals surface area contributed by atoms with Crippen LogP contribution in [0, 0.1) is 0 Å². The highest BCUT2D eigenvalue weighted by Crippen LogP contribution is 2.57. The maximum Gasteiger partial charge on any atom is 0.0178 e. The number of rotatable bonds is 8. The average Bonchev–Trinajstić information content (AvgIpc) is 3.06. The van der Waals surface area contributed by atoms with Crippen molar-refractivity contribution in [2.45, 2.75) is 88.6 Å². The Morgan fingerprint density at radius 2 is 0.976 bits per heavy atom. The fraction of sp³-hybridized carbons (Fsp3) is 0.368. The lowest BCUT2D eigenvalue weighted by Crippen LogP contribution is -2.27. The topological polar surface area (TPSA) is 52.0 Å². The molecule has 0 bridgehead atoms. The van der Waals surface area contributed by atoms with Crippen molar-refractivity contribution in [3.05, 3.63) is 102 Å². The number of nitrogens with two attached hydrogens (primary N) is 2. The van der Waals surface area contributed by atoms with Crippen LogP contribution in [0.3, 0.4) is 0 Å². The van der Waals surface area contributed by atoms with Gasteiger partial charge in [0.05, 0.1) is 0 Å². The minimum atomic E-state index is -0.258. The normalized spacial score (nSPS) is 16.8. The van der Waals surface area contributed by atoms with Crippen molar-refractivity contribution in [3.63, 3.8) is 0 Å². The Labute approximate surface area is 248 Å². The molecular weight excluding hydrogens is 515 g/mol. The van der Waals surface area contributed by atoms with Crippen molar-refractivity contribution in [2.75, 3.05) is 0 Å². The summed E-state index contributed by atoms with van der Waals surface area (Å²) in [6, 6.07) is 34.1. The number of hydrogen-bond donors (Lipinski definition) is 2. The van der Waals surface area contributed by atoms with Gasteiger partial charge in [-0.1, -0.05) is 125 Å². The van der Waals surface area contributed by atoms with Gasteiger partial charge in [-0.3, -0.25) is 0 Å². The summed E-state index contributed by atoms with van der Waals surface area (Å²) in [5.41, 5.74) is 24.2. The van der Waals surface area contributed by atoms with Gasteiger partial charge in [0.15, 0.2) is 0 Å². The zero-order valence-electron chi connectivity index (χ0n) is 24.4. The second-order valence-corrected chi connectivity index (χ2v) is 14.8. The molecule has 3 heteroatoms. The van der Waals surface area contributed by atoms with Crippen LogP contribution < -0.4 is 16.8 Å². The van der Waals surface area contributed by atoms with Crippen molar-refractivity contribution in [1.82, 2.24) is 0 Å². The molecule has 0 spiro atoms. The Morgan fingerprint density at radius 1 is 0.512 bits per heavy atom. The second kappa shape index (κ2) is 13.5. The van der Waals surface area contributed by atoms with Crippen molar-refractivity contribution < 1.29 is 0 Å². The Hall–Kier alpha value is -2.77. The first-order valence-electron chi connectivity index (χ1n) is 15.9. The monoisotopic (exact) mass is 560 g/mol. The van der Waals surface area contributed by atoms with E-state index >= 15 is 0 Å². The molecule has 2 aliphatic rings. The second-order valence-electron chi connectivity index (χ2n) is 12.0.